The molecule has 0 saturated heterocycles. The van der Waals surface area contributed by atoms with E-state index >= 15 is 0 Å². The molecular formula is C13H11BrF3N5O. The van der Waals surface area contributed by atoms with Crippen molar-refractivity contribution in [3.05, 3.63) is 40.1 Å². The van der Waals surface area contributed by atoms with Crippen LogP contribution in [0.1, 0.15) is 17.3 Å². The highest BCUT2D eigenvalue weighted by Gasteiger charge is 2.36. The van der Waals surface area contributed by atoms with E-state index in [4.69, 9.17) is 4.42 Å². The number of anilines is 1. The molecule has 0 aliphatic heterocycles. The van der Waals surface area contributed by atoms with Crippen LogP contribution < -0.4 is 5.32 Å². The molecule has 0 spiro atoms. The van der Waals surface area contributed by atoms with Crippen molar-refractivity contribution in [3.63, 3.8) is 0 Å². The number of alkyl halides is 3. The molecule has 3 heterocycles. The van der Waals surface area contributed by atoms with Gasteiger partial charge in [0.05, 0.1) is 0 Å². The Morgan fingerprint density at radius 1 is 1.30 bits per heavy atom. The molecule has 3 rings (SSSR count). The molecule has 0 saturated carbocycles. The molecule has 0 aromatic carbocycles. The molecule has 23 heavy (non-hydrogen) atoms. The van der Waals surface area contributed by atoms with Gasteiger partial charge < -0.3 is 9.73 Å². The first-order chi connectivity index (χ1) is 10.8. The SMILES string of the molecule is Cc1cc(NCCc2ccc(Br)o2)n2nc(C(F)(F)F)nc2n1. The second-order valence-corrected chi connectivity index (χ2v) is 5.59. The zero-order chi connectivity index (χ0) is 16.6. The molecule has 1 N–H and O–H groups in total. The molecule has 0 amide bonds. The summed E-state index contributed by atoms with van der Waals surface area (Å²) in [6.45, 7) is 2.14. The van der Waals surface area contributed by atoms with Crippen molar-refractivity contribution in [1.29, 1.82) is 0 Å². The quantitative estimate of drug-likeness (QED) is 0.739. The highest BCUT2D eigenvalue weighted by molar-refractivity contribution is 9.10. The summed E-state index contributed by atoms with van der Waals surface area (Å²) in [5.74, 6) is -0.170. The Morgan fingerprint density at radius 3 is 2.74 bits per heavy atom. The second-order valence-electron chi connectivity index (χ2n) is 4.81. The fraction of sp³-hybridized carbons (Fsp3) is 0.308. The minimum Gasteiger partial charge on any atom is -0.454 e. The Kier molecular flexibility index (Phi) is 4.00. The van der Waals surface area contributed by atoms with E-state index in [-0.39, 0.29) is 5.78 Å². The van der Waals surface area contributed by atoms with Gasteiger partial charge in [-0.1, -0.05) is 0 Å². The van der Waals surface area contributed by atoms with Gasteiger partial charge in [-0.3, -0.25) is 0 Å². The maximum absolute atomic E-state index is 12.7. The summed E-state index contributed by atoms with van der Waals surface area (Å²) in [7, 11) is 0. The third-order valence-electron chi connectivity index (χ3n) is 3.00. The van der Waals surface area contributed by atoms with Crippen LogP contribution >= 0.6 is 15.9 Å². The summed E-state index contributed by atoms with van der Waals surface area (Å²) in [6.07, 6.45) is -4.05. The standard InChI is InChI=1S/C13H11BrF3N5O/c1-7-6-10(18-5-4-8-2-3-9(14)23-8)22-12(19-7)20-11(21-22)13(15,16)17/h2-3,6,18H,4-5H2,1H3. The van der Waals surface area contributed by atoms with Gasteiger partial charge in [0.1, 0.15) is 11.6 Å². The Hall–Kier alpha value is -2.10. The van der Waals surface area contributed by atoms with Crippen molar-refractivity contribution in [3.8, 4) is 0 Å². The first kappa shape index (κ1) is 15.8. The van der Waals surface area contributed by atoms with Gasteiger partial charge in [0.2, 0.25) is 0 Å². The van der Waals surface area contributed by atoms with E-state index in [0.29, 0.717) is 29.1 Å². The summed E-state index contributed by atoms with van der Waals surface area (Å²) in [6, 6.07) is 5.20. The van der Waals surface area contributed by atoms with Crippen LogP contribution in [0.15, 0.2) is 27.3 Å². The lowest BCUT2D eigenvalue weighted by Gasteiger charge is -2.07. The number of fused-ring (bicyclic) bond motifs is 1. The molecule has 0 unspecified atom stereocenters. The minimum atomic E-state index is -4.61. The van der Waals surface area contributed by atoms with Crippen LogP contribution in [0.5, 0.6) is 0 Å². The third kappa shape index (κ3) is 3.46. The molecule has 0 aliphatic carbocycles. The zero-order valence-corrected chi connectivity index (χ0v) is 13.4. The largest absolute Gasteiger partial charge is 0.454 e. The molecule has 3 aromatic heterocycles. The van der Waals surface area contributed by atoms with Gasteiger partial charge in [-0.2, -0.15) is 22.7 Å². The maximum atomic E-state index is 12.7. The van der Waals surface area contributed by atoms with Crippen LogP contribution in [0.2, 0.25) is 0 Å². The van der Waals surface area contributed by atoms with E-state index in [2.05, 4.69) is 36.3 Å². The van der Waals surface area contributed by atoms with Crippen molar-refractivity contribution in [2.24, 2.45) is 0 Å². The second kappa shape index (κ2) is 5.84. The fourth-order valence-electron chi connectivity index (χ4n) is 2.03. The first-order valence-electron chi connectivity index (χ1n) is 6.62. The topological polar surface area (TPSA) is 68.2 Å². The summed E-state index contributed by atoms with van der Waals surface area (Å²) >= 11 is 3.21. The number of nitrogens with zero attached hydrogens (tertiary/aromatic N) is 4. The van der Waals surface area contributed by atoms with E-state index in [9.17, 15) is 13.2 Å². The lowest BCUT2D eigenvalue weighted by molar-refractivity contribution is -0.144. The molecule has 0 bridgehead atoms. The molecule has 3 aromatic rings. The maximum Gasteiger partial charge on any atom is 0.453 e. The van der Waals surface area contributed by atoms with Gasteiger partial charge in [-0.25, -0.2) is 4.98 Å². The number of hydrogen-bond acceptors (Lipinski definition) is 5. The third-order valence-corrected chi connectivity index (χ3v) is 3.43. The molecule has 0 fully saturated rings. The first-order valence-corrected chi connectivity index (χ1v) is 7.42. The van der Waals surface area contributed by atoms with Gasteiger partial charge >= 0.3 is 6.18 Å². The van der Waals surface area contributed by atoms with Crippen LogP contribution in [-0.4, -0.2) is 26.1 Å². The monoisotopic (exact) mass is 389 g/mol. The molecular weight excluding hydrogens is 379 g/mol. The predicted molar refractivity (Wildman–Crippen MR) is 79.1 cm³/mol. The Morgan fingerprint density at radius 2 is 2.09 bits per heavy atom. The average molecular weight is 390 g/mol. The van der Waals surface area contributed by atoms with Crippen molar-refractivity contribution >= 4 is 27.5 Å². The van der Waals surface area contributed by atoms with Crippen molar-refractivity contribution in [1.82, 2.24) is 19.6 Å². The lowest BCUT2D eigenvalue weighted by Crippen LogP contribution is -2.11. The highest BCUT2D eigenvalue weighted by atomic mass is 79.9. The number of nitrogens with one attached hydrogen (secondary N) is 1. The van der Waals surface area contributed by atoms with Crippen molar-refractivity contribution in [2.45, 2.75) is 19.5 Å². The summed E-state index contributed by atoms with van der Waals surface area (Å²) in [4.78, 5) is 7.39. The van der Waals surface area contributed by atoms with Gasteiger partial charge in [0, 0.05) is 24.7 Å². The van der Waals surface area contributed by atoms with Crippen LogP contribution in [-0.2, 0) is 12.6 Å². The van der Waals surface area contributed by atoms with Gasteiger partial charge in [0.25, 0.3) is 11.6 Å². The van der Waals surface area contributed by atoms with Crippen LogP contribution in [0.3, 0.4) is 0 Å². The number of furan rings is 1. The molecule has 10 heteroatoms. The molecule has 6 nitrogen and oxygen atoms in total. The molecule has 0 aliphatic rings. The number of hydrogen-bond donors (Lipinski definition) is 1. The summed E-state index contributed by atoms with van der Waals surface area (Å²) < 4.78 is 45.2. The summed E-state index contributed by atoms with van der Waals surface area (Å²) in [5.41, 5.74) is 0.543. The smallest absolute Gasteiger partial charge is 0.453 e. The van der Waals surface area contributed by atoms with E-state index < -0.39 is 12.0 Å². The molecule has 0 radical (unpaired) electrons. The Balaban J connectivity index is 1.83. The van der Waals surface area contributed by atoms with Gasteiger partial charge in [-0.05, 0) is 35.0 Å². The molecule has 0 atom stereocenters. The number of aryl methyl sites for hydroxylation is 1. The highest BCUT2D eigenvalue weighted by Crippen LogP contribution is 2.27. The zero-order valence-electron chi connectivity index (χ0n) is 11.9. The normalized spacial score (nSPS) is 12.0. The van der Waals surface area contributed by atoms with E-state index in [1.54, 1.807) is 19.1 Å². The fourth-order valence-corrected chi connectivity index (χ4v) is 2.37. The molecule has 122 valence electrons. The van der Waals surface area contributed by atoms with Crippen LogP contribution in [0, 0.1) is 6.92 Å². The van der Waals surface area contributed by atoms with Gasteiger partial charge in [-0.15, -0.1) is 5.10 Å². The van der Waals surface area contributed by atoms with Gasteiger partial charge in [0.15, 0.2) is 4.67 Å². The lowest BCUT2D eigenvalue weighted by atomic mass is 10.3. The number of aromatic nitrogens is 4. The Bertz CT molecular complexity index is 842. The van der Waals surface area contributed by atoms with Crippen molar-refractivity contribution in [2.75, 3.05) is 11.9 Å². The van der Waals surface area contributed by atoms with E-state index in [0.717, 1.165) is 10.3 Å². The van der Waals surface area contributed by atoms with E-state index in [1.165, 1.54) is 0 Å². The minimum absolute atomic E-state index is 0.0967. The van der Waals surface area contributed by atoms with E-state index in [1.807, 2.05) is 6.07 Å². The number of rotatable bonds is 4. The summed E-state index contributed by atoms with van der Waals surface area (Å²) in [5, 5.41) is 6.51. The average Bonchev–Trinajstić information content (AvgIpc) is 3.04. The van der Waals surface area contributed by atoms with Crippen molar-refractivity contribution < 1.29 is 17.6 Å². The van der Waals surface area contributed by atoms with Crippen LogP contribution in [0.4, 0.5) is 19.0 Å². The Labute approximate surface area is 136 Å². The van der Waals surface area contributed by atoms with Crippen LogP contribution in [0.25, 0.3) is 5.78 Å². The number of halogens is 4. The predicted octanol–water partition coefficient (Wildman–Crippen LogP) is 3.46.